The number of hydrogen-bond donors (Lipinski definition) is 1. The lowest BCUT2D eigenvalue weighted by Gasteiger charge is -2.47. The van der Waals surface area contributed by atoms with Crippen LogP contribution in [-0.4, -0.2) is 55.0 Å². The average molecular weight is 449 g/mol. The van der Waals surface area contributed by atoms with Crippen LogP contribution in [0.2, 0.25) is 0 Å². The van der Waals surface area contributed by atoms with Gasteiger partial charge in [0.15, 0.2) is 0 Å². The Kier molecular flexibility index (Phi) is 5.60. The molecule has 0 aromatic heterocycles. The monoisotopic (exact) mass is 448 g/mol. The Labute approximate surface area is 195 Å². The molecule has 1 N–H and O–H groups in total. The van der Waals surface area contributed by atoms with Crippen molar-refractivity contribution in [2.45, 2.75) is 63.0 Å². The van der Waals surface area contributed by atoms with Crippen LogP contribution in [0.1, 0.15) is 54.4 Å². The largest absolute Gasteiger partial charge is 0.462 e. The summed E-state index contributed by atoms with van der Waals surface area (Å²) >= 11 is 0. The van der Waals surface area contributed by atoms with E-state index in [0.29, 0.717) is 18.8 Å². The van der Waals surface area contributed by atoms with Gasteiger partial charge in [-0.1, -0.05) is 24.6 Å². The van der Waals surface area contributed by atoms with E-state index in [2.05, 4.69) is 28.4 Å². The summed E-state index contributed by atoms with van der Waals surface area (Å²) in [4.78, 5) is 15.1. The standard InChI is InChI=1S/C27H32N2O4/c30-26(28-23-10-15-31-18-23)20-6-4-19(5-7-20)21-8-9-25-22(16-21)17-32-27(33-25)11-13-29(14-12-27)24-2-1-3-24/h4-9,16,23-24H,1-3,10-15,17-18H2,(H,28,30)/t23-/m1/s1. The van der Waals surface area contributed by atoms with E-state index in [1.165, 1.54) is 19.3 Å². The van der Waals surface area contributed by atoms with Gasteiger partial charge in [0, 0.05) is 49.7 Å². The quantitative estimate of drug-likeness (QED) is 0.762. The van der Waals surface area contributed by atoms with E-state index in [0.717, 1.165) is 67.4 Å². The molecule has 1 saturated carbocycles. The van der Waals surface area contributed by atoms with Crippen molar-refractivity contribution >= 4 is 5.91 Å². The molecule has 3 aliphatic heterocycles. The van der Waals surface area contributed by atoms with E-state index >= 15 is 0 Å². The molecule has 6 heteroatoms. The van der Waals surface area contributed by atoms with Crippen molar-refractivity contribution in [2.24, 2.45) is 0 Å². The molecule has 3 heterocycles. The molecular weight excluding hydrogens is 416 g/mol. The predicted molar refractivity (Wildman–Crippen MR) is 125 cm³/mol. The van der Waals surface area contributed by atoms with Crippen molar-refractivity contribution in [3.05, 3.63) is 53.6 Å². The molecule has 3 fully saturated rings. The third kappa shape index (κ3) is 4.27. The number of piperidine rings is 1. The van der Waals surface area contributed by atoms with Gasteiger partial charge in [-0.15, -0.1) is 0 Å². The second-order valence-electron chi connectivity index (χ2n) is 9.86. The number of rotatable bonds is 4. The van der Waals surface area contributed by atoms with E-state index in [1.807, 2.05) is 24.3 Å². The summed E-state index contributed by atoms with van der Waals surface area (Å²) in [6.07, 6.45) is 6.81. The molecule has 2 saturated heterocycles. The van der Waals surface area contributed by atoms with Gasteiger partial charge in [0.2, 0.25) is 5.79 Å². The Bertz CT molecular complexity index is 1000. The Hall–Kier alpha value is -2.41. The summed E-state index contributed by atoms with van der Waals surface area (Å²) in [7, 11) is 0. The molecule has 1 spiro atoms. The van der Waals surface area contributed by atoms with Crippen molar-refractivity contribution in [3.63, 3.8) is 0 Å². The highest BCUT2D eigenvalue weighted by molar-refractivity contribution is 5.94. The number of fused-ring (bicyclic) bond motifs is 1. The molecule has 1 amide bonds. The van der Waals surface area contributed by atoms with Gasteiger partial charge in [0.1, 0.15) is 5.75 Å². The van der Waals surface area contributed by atoms with Gasteiger partial charge in [-0.05, 0) is 54.7 Å². The fourth-order valence-corrected chi connectivity index (χ4v) is 5.37. The van der Waals surface area contributed by atoms with Crippen LogP contribution >= 0.6 is 0 Å². The van der Waals surface area contributed by atoms with Crippen LogP contribution in [0.4, 0.5) is 0 Å². The molecule has 2 aromatic rings. The number of carbonyl (C=O) groups excluding carboxylic acids is 1. The summed E-state index contributed by atoms with van der Waals surface area (Å²) in [5.41, 5.74) is 3.94. The number of ether oxygens (including phenoxy) is 3. The van der Waals surface area contributed by atoms with Crippen LogP contribution in [0.3, 0.4) is 0 Å². The first-order chi connectivity index (χ1) is 16.2. The van der Waals surface area contributed by atoms with E-state index < -0.39 is 5.79 Å². The third-order valence-corrected chi connectivity index (χ3v) is 7.74. The number of nitrogens with one attached hydrogen (secondary N) is 1. The molecule has 0 bridgehead atoms. The zero-order valence-corrected chi connectivity index (χ0v) is 19.1. The minimum atomic E-state index is -0.464. The molecule has 0 unspecified atom stereocenters. The first kappa shape index (κ1) is 21.1. The molecule has 6 nitrogen and oxygen atoms in total. The topological polar surface area (TPSA) is 60.0 Å². The maximum atomic E-state index is 12.5. The molecule has 4 aliphatic rings. The fourth-order valence-electron chi connectivity index (χ4n) is 5.37. The summed E-state index contributed by atoms with van der Waals surface area (Å²) in [6.45, 7) is 4.02. The summed E-state index contributed by atoms with van der Waals surface area (Å²) < 4.78 is 18.1. The zero-order chi connectivity index (χ0) is 22.3. The Morgan fingerprint density at radius 1 is 1.00 bits per heavy atom. The first-order valence-corrected chi connectivity index (χ1v) is 12.4. The van der Waals surface area contributed by atoms with Crippen LogP contribution in [0.5, 0.6) is 5.75 Å². The molecule has 1 aliphatic carbocycles. The number of hydrogen-bond acceptors (Lipinski definition) is 5. The van der Waals surface area contributed by atoms with E-state index in [9.17, 15) is 4.79 Å². The number of likely N-dealkylation sites (tertiary alicyclic amines) is 1. The van der Waals surface area contributed by atoms with E-state index in [1.54, 1.807) is 0 Å². The fraction of sp³-hybridized carbons (Fsp3) is 0.519. The predicted octanol–water partition coefficient (Wildman–Crippen LogP) is 4.13. The van der Waals surface area contributed by atoms with Crippen molar-refractivity contribution in [1.82, 2.24) is 10.2 Å². The Morgan fingerprint density at radius 3 is 2.48 bits per heavy atom. The lowest BCUT2D eigenvalue weighted by molar-refractivity contribution is -0.231. The molecule has 174 valence electrons. The maximum absolute atomic E-state index is 12.5. The summed E-state index contributed by atoms with van der Waals surface area (Å²) in [5, 5.41) is 3.04. The van der Waals surface area contributed by atoms with Crippen LogP contribution in [0.25, 0.3) is 11.1 Å². The minimum Gasteiger partial charge on any atom is -0.462 e. The normalized spacial score (nSPS) is 24.7. The summed E-state index contributed by atoms with van der Waals surface area (Å²) in [5.74, 6) is 0.434. The van der Waals surface area contributed by atoms with Crippen molar-refractivity contribution in [2.75, 3.05) is 26.3 Å². The number of benzene rings is 2. The molecule has 1 atom stereocenters. The highest BCUT2D eigenvalue weighted by atomic mass is 16.7. The van der Waals surface area contributed by atoms with Crippen molar-refractivity contribution < 1.29 is 19.0 Å². The van der Waals surface area contributed by atoms with Crippen LogP contribution in [-0.2, 0) is 16.1 Å². The SMILES string of the molecule is O=C(N[C@@H]1CCOC1)c1ccc(-c2ccc3c(c2)COC2(CCN(C4CCC4)CC2)O3)cc1. The third-order valence-electron chi connectivity index (χ3n) is 7.74. The molecule has 2 aromatic carbocycles. The van der Waals surface area contributed by atoms with Gasteiger partial charge in [-0.3, -0.25) is 9.69 Å². The Balaban J connectivity index is 1.11. The molecular formula is C27H32N2O4. The smallest absolute Gasteiger partial charge is 0.251 e. The van der Waals surface area contributed by atoms with Gasteiger partial charge >= 0.3 is 0 Å². The Morgan fingerprint density at radius 2 is 1.79 bits per heavy atom. The minimum absolute atomic E-state index is 0.0436. The zero-order valence-electron chi connectivity index (χ0n) is 19.1. The maximum Gasteiger partial charge on any atom is 0.251 e. The number of nitrogens with zero attached hydrogens (tertiary/aromatic N) is 1. The van der Waals surface area contributed by atoms with E-state index in [4.69, 9.17) is 14.2 Å². The molecule has 33 heavy (non-hydrogen) atoms. The van der Waals surface area contributed by atoms with Gasteiger partial charge in [-0.25, -0.2) is 0 Å². The summed E-state index contributed by atoms with van der Waals surface area (Å²) in [6, 6.07) is 15.0. The van der Waals surface area contributed by atoms with Crippen LogP contribution in [0, 0.1) is 0 Å². The highest BCUT2D eigenvalue weighted by Gasteiger charge is 2.42. The second kappa shape index (κ2) is 8.75. The van der Waals surface area contributed by atoms with Crippen molar-refractivity contribution in [3.8, 4) is 16.9 Å². The lowest BCUT2D eigenvalue weighted by Crippen LogP contribution is -2.54. The number of amides is 1. The highest BCUT2D eigenvalue weighted by Crippen LogP contribution is 2.40. The average Bonchev–Trinajstić information content (AvgIpc) is 3.32. The number of carbonyl (C=O) groups is 1. The molecule has 6 rings (SSSR count). The van der Waals surface area contributed by atoms with Crippen molar-refractivity contribution in [1.29, 1.82) is 0 Å². The molecule has 0 radical (unpaired) electrons. The first-order valence-electron chi connectivity index (χ1n) is 12.4. The van der Waals surface area contributed by atoms with Crippen LogP contribution < -0.4 is 10.1 Å². The van der Waals surface area contributed by atoms with Gasteiger partial charge < -0.3 is 19.5 Å². The van der Waals surface area contributed by atoms with E-state index in [-0.39, 0.29) is 11.9 Å². The lowest BCUT2D eigenvalue weighted by atomic mass is 9.89. The second-order valence-corrected chi connectivity index (χ2v) is 9.86. The van der Waals surface area contributed by atoms with Gasteiger partial charge in [0.05, 0.1) is 19.3 Å². The van der Waals surface area contributed by atoms with Crippen LogP contribution in [0.15, 0.2) is 42.5 Å². The van der Waals surface area contributed by atoms with Gasteiger partial charge in [0.25, 0.3) is 5.91 Å². The van der Waals surface area contributed by atoms with Gasteiger partial charge in [-0.2, -0.15) is 0 Å².